The van der Waals surface area contributed by atoms with Crippen molar-refractivity contribution >= 4 is 0 Å². The van der Waals surface area contributed by atoms with Gasteiger partial charge in [-0.3, -0.25) is 0 Å². The molecule has 5 heteroatoms. The van der Waals surface area contributed by atoms with E-state index in [1.165, 1.54) is 0 Å². The fourth-order valence-corrected chi connectivity index (χ4v) is 0.492. The van der Waals surface area contributed by atoms with Gasteiger partial charge in [0, 0.05) is 17.1 Å². The van der Waals surface area contributed by atoms with Crippen molar-refractivity contribution in [2.24, 2.45) is 0 Å². The second-order valence-electron chi connectivity index (χ2n) is 2.60. The molecule has 0 unspecified atom stereocenters. The molecule has 0 aliphatic rings. The molecule has 4 nitrogen and oxygen atoms in total. The van der Waals surface area contributed by atoms with E-state index in [0.717, 1.165) is 6.42 Å². The van der Waals surface area contributed by atoms with Gasteiger partial charge in [0.2, 0.25) is 0 Å². The molecule has 0 aliphatic carbocycles. The second-order valence-corrected chi connectivity index (χ2v) is 2.60. The molecule has 0 heterocycles. The summed E-state index contributed by atoms with van der Waals surface area (Å²) in [5, 5.41) is 9.43. The summed E-state index contributed by atoms with van der Waals surface area (Å²) in [6.45, 7) is 19.2. The van der Waals surface area contributed by atoms with Gasteiger partial charge in [0.25, 0.3) is 0 Å². The maximum absolute atomic E-state index is 9.43. The summed E-state index contributed by atoms with van der Waals surface area (Å²) >= 11 is 0. The summed E-state index contributed by atoms with van der Waals surface area (Å²) in [5.74, 6) is 0. The zero-order valence-electron chi connectivity index (χ0n) is 10.0. The Morgan fingerprint density at radius 1 is 1.06 bits per heavy atom. The Hall–Kier alpha value is -0.301. The van der Waals surface area contributed by atoms with Gasteiger partial charge >= 0.3 is 33.9 Å². The van der Waals surface area contributed by atoms with Crippen molar-refractivity contribution in [3.8, 4) is 0 Å². The van der Waals surface area contributed by atoms with Gasteiger partial charge in [-0.05, 0) is 39.0 Å². The first-order chi connectivity index (χ1) is 7.62. The summed E-state index contributed by atoms with van der Waals surface area (Å²) in [6, 6.07) is 0. The first-order valence-corrected chi connectivity index (χ1v) is 4.26. The average molecular weight is 280 g/mol. The monoisotopic (exact) mass is 280 g/mol. The molecule has 0 fully saturated rings. The van der Waals surface area contributed by atoms with Gasteiger partial charge in [-0.2, -0.15) is 0 Å². The van der Waals surface area contributed by atoms with E-state index in [2.05, 4.69) is 20.0 Å². The molecule has 0 rings (SSSR count). The van der Waals surface area contributed by atoms with Crippen LogP contribution in [0.2, 0.25) is 0 Å². The minimum absolute atomic E-state index is 0. The van der Waals surface area contributed by atoms with Crippen molar-refractivity contribution in [1.29, 1.82) is 0 Å². The molecule has 96 valence electrons. The fourth-order valence-electron chi connectivity index (χ4n) is 0.492. The summed E-state index contributed by atoms with van der Waals surface area (Å²) in [5.41, 5.74) is -0.639. The van der Waals surface area contributed by atoms with E-state index in [1.807, 2.05) is 33.1 Å². The second kappa shape index (κ2) is 29.6. The summed E-state index contributed by atoms with van der Waals surface area (Å²) in [4.78, 5) is 0. The van der Waals surface area contributed by atoms with E-state index in [4.69, 9.17) is 14.0 Å². The fraction of sp³-hybridized carbons (Fsp3) is 0.417. The van der Waals surface area contributed by atoms with Crippen LogP contribution in [0.25, 0.3) is 0 Å². The largest absolute Gasteiger partial charge is 0 e. The van der Waals surface area contributed by atoms with Gasteiger partial charge in [0.05, 0.1) is 5.60 Å². The zero-order valence-corrected chi connectivity index (χ0v) is 11.1. The number of hydrogen-bond donors (Lipinski definition) is 1. The molecule has 0 aromatic heterocycles. The first-order valence-electron chi connectivity index (χ1n) is 4.26. The van der Waals surface area contributed by atoms with Crippen LogP contribution < -0.4 is 0 Å². The normalized spacial score (nSPS) is 10.2. The van der Waals surface area contributed by atoms with Crippen molar-refractivity contribution in [2.75, 3.05) is 0 Å². The molecule has 0 aliphatic heterocycles. The molecule has 4 radical (unpaired) electrons. The maximum atomic E-state index is 9.43. The Labute approximate surface area is 115 Å². The van der Waals surface area contributed by atoms with Crippen LogP contribution in [0.15, 0.2) is 0 Å². The summed E-state index contributed by atoms with van der Waals surface area (Å²) in [7, 11) is 0. The topological polar surface area (TPSA) is 79.9 Å². The average Bonchev–Trinajstić information content (AvgIpc) is 2.37. The minimum Gasteiger partial charge on any atom is 0 e. The summed E-state index contributed by atoms with van der Waals surface area (Å²) < 4.78 is 22.5. The van der Waals surface area contributed by atoms with E-state index in [9.17, 15) is 5.11 Å². The van der Waals surface area contributed by atoms with Gasteiger partial charge in [-0.15, -0.1) is 0 Å². The number of hydrogen-bond acceptors (Lipinski definition) is 1. The van der Waals surface area contributed by atoms with Gasteiger partial charge in [-0.25, -0.2) is 0 Å². The first kappa shape index (κ1) is 30.1. The third-order valence-corrected chi connectivity index (χ3v) is 1.47. The molecule has 0 spiro atoms. The molecule has 0 aromatic carbocycles. The van der Waals surface area contributed by atoms with Crippen LogP contribution in [0, 0.1) is 45.6 Å². The van der Waals surface area contributed by atoms with Crippen LogP contribution in [0.1, 0.15) is 27.2 Å². The van der Waals surface area contributed by atoms with Crippen LogP contribution in [0.3, 0.4) is 0 Å². The van der Waals surface area contributed by atoms with Gasteiger partial charge in [0.1, 0.15) is 0 Å². The third-order valence-electron chi connectivity index (χ3n) is 1.47. The van der Waals surface area contributed by atoms with Crippen LogP contribution in [-0.2, 0) is 31.0 Å². The van der Waals surface area contributed by atoms with Gasteiger partial charge in [-0.1, -0.05) is 13.8 Å². The smallest absolute Gasteiger partial charge is 0 e. The molecule has 0 saturated heterocycles. The van der Waals surface area contributed by atoms with E-state index in [-0.39, 0.29) is 17.1 Å². The van der Waals surface area contributed by atoms with Crippen LogP contribution in [0.5, 0.6) is 0 Å². The van der Waals surface area contributed by atoms with E-state index in [0.29, 0.717) is 0 Å². The van der Waals surface area contributed by atoms with E-state index in [1.54, 1.807) is 13.3 Å². The SMILES string of the molecule is C[CH][CH][CH][CH][C@](C)(O)CC.[C-]#[O+].[C-]#[O+].[C-]#[O+].[Fe]. The Morgan fingerprint density at radius 3 is 1.65 bits per heavy atom. The standard InChI is InChI=1S/C9H16O.3CO.Fe/c1-4-6-7-8-9(3,10)5-2;3*1-2;/h4,6-8,10H,5H2,1-3H3;;;;/t9-;;;;/m1..../s1. The minimum atomic E-state index is -0.639. The third kappa shape index (κ3) is 38.9. The van der Waals surface area contributed by atoms with Crippen LogP contribution in [0.4, 0.5) is 0 Å². The van der Waals surface area contributed by atoms with E-state index >= 15 is 0 Å². The Morgan fingerprint density at radius 2 is 1.41 bits per heavy atom. The number of rotatable bonds is 5. The molecule has 0 aromatic rings. The molecule has 1 N–H and O–H groups in total. The molecule has 0 bridgehead atoms. The quantitative estimate of drug-likeness (QED) is 0.355. The summed E-state index contributed by atoms with van der Waals surface area (Å²) in [6.07, 6.45) is 8.25. The van der Waals surface area contributed by atoms with Crippen LogP contribution in [-0.4, -0.2) is 10.7 Å². The Kier molecular flexibility index (Phi) is 52.4. The molecule has 0 amide bonds. The van der Waals surface area contributed by atoms with Crippen LogP contribution >= 0.6 is 0 Å². The number of unbranched alkanes of at least 4 members (excludes halogenated alkanes) is 2. The molecule has 17 heavy (non-hydrogen) atoms. The van der Waals surface area contributed by atoms with Crippen molar-refractivity contribution in [3.63, 3.8) is 0 Å². The van der Waals surface area contributed by atoms with Gasteiger partial charge in [0.15, 0.2) is 0 Å². The molecular formula is C12H16FeO4. The predicted octanol–water partition coefficient (Wildman–Crippen LogP) is 1.87. The van der Waals surface area contributed by atoms with Crippen molar-refractivity contribution in [2.45, 2.75) is 32.8 Å². The van der Waals surface area contributed by atoms with Crippen molar-refractivity contribution in [1.82, 2.24) is 0 Å². The van der Waals surface area contributed by atoms with Crippen molar-refractivity contribution < 1.29 is 36.1 Å². The van der Waals surface area contributed by atoms with Crippen molar-refractivity contribution in [3.05, 3.63) is 45.6 Å². The Bertz CT molecular complexity index is 159. The zero-order chi connectivity index (χ0) is 14.0. The molecule has 1 atom stereocenters. The molecule has 0 saturated carbocycles. The predicted molar refractivity (Wildman–Crippen MR) is 55.6 cm³/mol. The Balaban J connectivity index is -0.0000000594. The van der Waals surface area contributed by atoms with Gasteiger partial charge < -0.3 is 5.11 Å². The maximum Gasteiger partial charge on any atom is 0 e. The van der Waals surface area contributed by atoms with E-state index < -0.39 is 5.60 Å². The number of aliphatic hydroxyl groups is 1. The molecular weight excluding hydrogens is 264 g/mol.